The summed E-state index contributed by atoms with van der Waals surface area (Å²) in [5.74, 6) is -0.767. The van der Waals surface area contributed by atoms with Gasteiger partial charge in [0.1, 0.15) is 6.54 Å². The first-order chi connectivity index (χ1) is 9.88. The minimum absolute atomic E-state index is 0.0287. The fourth-order valence-corrected chi connectivity index (χ4v) is 2.34. The number of carboxylic acid groups (broad SMARTS) is 1. The van der Waals surface area contributed by atoms with Gasteiger partial charge in [0.25, 0.3) is 0 Å². The first-order valence-corrected chi connectivity index (χ1v) is 7.45. The van der Waals surface area contributed by atoms with Crippen LogP contribution in [0.4, 0.5) is 4.79 Å². The number of aliphatic carboxylic acids is 1. The molecule has 21 heavy (non-hydrogen) atoms. The largest absolute Gasteiger partial charge is 0.480 e. The fraction of sp³-hybridized carbons (Fsp3) is 0.857. The normalized spacial score (nSPS) is 17.5. The molecule has 2 amide bonds. The summed E-state index contributed by atoms with van der Waals surface area (Å²) >= 11 is 0. The number of morpholine rings is 1. The summed E-state index contributed by atoms with van der Waals surface area (Å²) in [4.78, 5) is 26.6. The van der Waals surface area contributed by atoms with Crippen molar-refractivity contribution >= 4 is 12.0 Å². The zero-order chi connectivity index (χ0) is 15.8. The average molecular weight is 301 g/mol. The fourth-order valence-electron chi connectivity index (χ4n) is 2.34. The first kappa shape index (κ1) is 17.7. The van der Waals surface area contributed by atoms with Gasteiger partial charge in [0.05, 0.1) is 13.2 Å². The number of amides is 2. The molecule has 7 nitrogen and oxygen atoms in total. The van der Waals surface area contributed by atoms with Crippen molar-refractivity contribution in [2.24, 2.45) is 5.92 Å². The Morgan fingerprint density at radius 3 is 2.43 bits per heavy atom. The van der Waals surface area contributed by atoms with Gasteiger partial charge in [0, 0.05) is 32.2 Å². The second kappa shape index (κ2) is 8.84. The molecule has 0 aromatic heterocycles. The van der Waals surface area contributed by atoms with Crippen LogP contribution < -0.4 is 5.32 Å². The third-order valence-electron chi connectivity index (χ3n) is 3.20. The van der Waals surface area contributed by atoms with Crippen LogP contribution in [0.3, 0.4) is 0 Å². The molecule has 0 aromatic carbocycles. The van der Waals surface area contributed by atoms with Crippen molar-refractivity contribution in [1.29, 1.82) is 0 Å². The molecule has 7 heteroatoms. The van der Waals surface area contributed by atoms with Crippen LogP contribution in [0.25, 0.3) is 0 Å². The van der Waals surface area contributed by atoms with Crippen molar-refractivity contribution in [2.45, 2.75) is 26.8 Å². The molecular formula is C14H27N3O4. The Labute approximate surface area is 126 Å². The number of carbonyl (C=O) groups is 2. The second-order valence-electron chi connectivity index (χ2n) is 5.93. The lowest BCUT2D eigenvalue weighted by atomic mass is 10.2. The maximum Gasteiger partial charge on any atom is 0.323 e. The van der Waals surface area contributed by atoms with Crippen molar-refractivity contribution in [3.05, 3.63) is 0 Å². The minimum atomic E-state index is -0.994. The van der Waals surface area contributed by atoms with E-state index >= 15 is 0 Å². The van der Waals surface area contributed by atoms with Gasteiger partial charge >= 0.3 is 12.0 Å². The van der Waals surface area contributed by atoms with Crippen LogP contribution in [0.1, 0.15) is 20.8 Å². The van der Waals surface area contributed by atoms with E-state index in [1.807, 2.05) is 20.8 Å². The molecule has 122 valence electrons. The summed E-state index contributed by atoms with van der Waals surface area (Å²) in [7, 11) is 0. The summed E-state index contributed by atoms with van der Waals surface area (Å²) in [5.41, 5.74) is 0. The number of hydrogen-bond donors (Lipinski definition) is 2. The molecular weight excluding hydrogens is 274 g/mol. The Hall–Kier alpha value is -1.34. The molecule has 1 aliphatic rings. The van der Waals surface area contributed by atoms with Gasteiger partial charge in [-0.15, -0.1) is 0 Å². The molecule has 1 saturated heterocycles. The van der Waals surface area contributed by atoms with Gasteiger partial charge < -0.3 is 20.1 Å². The average Bonchev–Trinajstić information content (AvgIpc) is 2.37. The van der Waals surface area contributed by atoms with E-state index in [4.69, 9.17) is 9.84 Å². The van der Waals surface area contributed by atoms with E-state index < -0.39 is 5.97 Å². The highest BCUT2D eigenvalue weighted by molar-refractivity contribution is 5.80. The van der Waals surface area contributed by atoms with E-state index in [1.165, 1.54) is 4.90 Å². The second-order valence-corrected chi connectivity index (χ2v) is 5.93. The number of nitrogens with zero attached hydrogens (tertiary/aromatic N) is 2. The molecule has 1 rings (SSSR count). The van der Waals surface area contributed by atoms with Crippen LogP contribution in [-0.2, 0) is 9.53 Å². The van der Waals surface area contributed by atoms with Crippen LogP contribution >= 0.6 is 0 Å². The molecule has 0 radical (unpaired) electrons. The van der Waals surface area contributed by atoms with Gasteiger partial charge in [0.15, 0.2) is 0 Å². The van der Waals surface area contributed by atoms with E-state index in [0.29, 0.717) is 6.54 Å². The topological polar surface area (TPSA) is 82.1 Å². The predicted molar refractivity (Wildman–Crippen MR) is 79.3 cm³/mol. The molecule has 2 N–H and O–H groups in total. The summed E-state index contributed by atoms with van der Waals surface area (Å²) in [6, 6.07) is -0.342. The van der Waals surface area contributed by atoms with E-state index in [9.17, 15) is 9.59 Å². The highest BCUT2D eigenvalue weighted by Gasteiger charge is 2.21. The zero-order valence-corrected chi connectivity index (χ0v) is 13.2. The number of ether oxygens (including phenoxy) is 1. The van der Waals surface area contributed by atoms with Gasteiger partial charge in [-0.05, 0) is 12.8 Å². The molecule has 0 aliphatic carbocycles. The maximum absolute atomic E-state index is 12.2. The van der Waals surface area contributed by atoms with Crippen LogP contribution in [0.15, 0.2) is 0 Å². The van der Waals surface area contributed by atoms with Crippen molar-refractivity contribution < 1.29 is 19.4 Å². The molecule has 1 fully saturated rings. The summed E-state index contributed by atoms with van der Waals surface area (Å²) in [5, 5.41) is 11.8. The van der Waals surface area contributed by atoms with E-state index in [2.05, 4.69) is 10.2 Å². The van der Waals surface area contributed by atoms with Crippen molar-refractivity contribution in [1.82, 2.24) is 15.1 Å². The molecule has 1 aliphatic heterocycles. The molecule has 0 saturated carbocycles. The lowest BCUT2D eigenvalue weighted by Crippen LogP contribution is -2.51. The molecule has 1 unspecified atom stereocenters. The third kappa shape index (κ3) is 7.29. The SMILES string of the molecule is CC(C)CN(CC(=O)O)C(=O)NC(C)CN1CCOCC1. The van der Waals surface area contributed by atoms with Gasteiger partial charge in [-0.1, -0.05) is 13.8 Å². The van der Waals surface area contributed by atoms with E-state index in [0.717, 1.165) is 32.8 Å². The van der Waals surface area contributed by atoms with Gasteiger partial charge in [-0.2, -0.15) is 0 Å². The van der Waals surface area contributed by atoms with Gasteiger partial charge in [0.2, 0.25) is 0 Å². The Kier molecular flexibility index (Phi) is 7.45. The van der Waals surface area contributed by atoms with Crippen molar-refractivity contribution in [3.63, 3.8) is 0 Å². The summed E-state index contributed by atoms with van der Waals surface area (Å²) in [6.45, 7) is 9.93. The highest BCUT2D eigenvalue weighted by Crippen LogP contribution is 2.02. The maximum atomic E-state index is 12.2. The third-order valence-corrected chi connectivity index (χ3v) is 3.20. The number of hydrogen-bond acceptors (Lipinski definition) is 4. The molecule has 0 bridgehead atoms. The Bertz CT molecular complexity index is 343. The minimum Gasteiger partial charge on any atom is -0.480 e. The number of urea groups is 1. The number of nitrogens with one attached hydrogen (secondary N) is 1. The van der Waals surface area contributed by atoms with Crippen molar-refractivity contribution in [3.8, 4) is 0 Å². The number of rotatable bonds is 7. The number of carboxylic acids is 1. The van der Waals surface area contributed by atoms with E-state index in [-0.39, 0.29) is 24.5 Å². The standard InChI is InChI=1S/C14H27N3O4/c1-11(2)8-17(10-13(18)19)14(20)15-12(3)9-16-4-6-21-7-5-16/h11-12H,4-10H2,1-3H3,(H,15,20)(H,18,19). The Morgan fingerprint density at radius 2 is 1.90 bits per heavy atom. The smallest absolute Gasteiger partial charge is 0.323 e. The van der Waals surface area contributed by atoms with Crippen molar-refractivity contribution in [2.75, 3.05) is 45.9 Å². The molecule has 0 spiro atoms. The van der Waals surface area contributed by atoms with Gasteiger partial charge in [-0.3, -0.25) is 9.69 Å². The quantitative estimate of drug-likeness (QED) is 0.714. The molecule has 1 heterocycles. The number of carbonyl (C=O) groups excluding carboxylic acids is 1. The Morgan fingerprint density at radius 1 is 1.29 bits per heavy atom. The summed E-state index contributed by atoms with van der Waals surface area (Å²) < 4.78 is 5.29. The van der Waals surface area contributed by atoms with Gasteiger partial charge in [-0.25, -0.2) is 4.79 Å². The summed E-state index contributed by atoms with van der Waals surface area (Å²) in [6.07, 6.45) is 0. The van der Waals surface area contributed by atoms with Crippen LogP contribution in [-0.4, -0.2) is 78.9 Å². The van der Waals surface area contributed by atoms with Crippen LogP contribution in [0.2, 0.25) is 0 Å². The van der Waals surface area contributed by atoms with Crippen LogP contribution in [0.5, 0.6) is 0 Å². The monoisotopic (exact) mass is 301 g/mol. The first-order valence-electron chi connectivity index (χ1n) is 7.45. The lowest BCUT2D eigenvalue weighted by molar-refractivity contribution is -0.137. The zero-order valence-electron chi connectivity index (χ0n) is 13.2. The predicted octanol–water partition coefficient (Wildman–Crippen LogP) is 0.459. The lowest BCUT2D eigenvalue weighted by Gasteiger charge is -2.31. The van der Waals surface area contributed by atoms with E-state index in [1.54, 1.807) is 0 Å². The Balaban J connectivity index is 2.44. The highest BCUT2D eigenvalue weighted by atomic mass is 16.5. The molecule has 1 atom stereocenters. The molecule has 0 aromatic rings. The van der Waals surface area contributed by atoms with Crippen LogP contribution in [0, 0.1) is 5.92 Å².